The Balaban J connectivity index is 1.59. The molecular formula is C15H23N5O2S. The number of sulfone groups is 1. The average molecular weight is 337 g/mol. The molecule has 126 valence electrons. The average Bonchev–Trinajstić information content (AvgIpc) is 2.89. The van der Waals surface area contributed by atoms with Crippen molar-refractivity contribution in [1.29, 1.82) is 0 Å². The molecule has 2 atom stereocenters. The lowest BCUT2D eigenvalue weighted by Gasteiger charge is -2.38. The van der Waals surface area contributed by atoms with Crippen molar-refractivity contribution >= 4 is 21.6 Å². The Hall–Kier alpha value is -1.41. The number of piperazine rings is 1. The summed E-state index contributed by atoms with van der Waals surface area (Å²) in [6.45, 7) is 3.59. The molecule has 0 unspecified atom stereocenters. The Morgan fingerprint density at radius 3 is 2.78 bits per heavy atom. The smallest absolute Gasteiger partial charge is 0.227 e. The Labute approximate surface area is 137 Å². The molecule has 23 heavy (non-hydrogen) atoms. The van der Waals surface area contributed by atoms with Crippen LogP contribution >= 0.6 is 0 Å². The number of piperidine rings is 1. The number of hydrogen-bond donors (Lipinski definition) is 1. The van der Waals surface area contributed by atoms with Gasteiger partial charge in [0, 0.05) is 38.4 Å². The van der Waals surface area contributed by atoms with Crippen LogP contribution in [0.1, 0.15) is 19.3 Å². The molecule has 1 aromatic heterocycles. The van der Waals surface area contributed by atoms with E-state index in [0.717, 1.165) is 37.9 Å². The lowest BCUT2D eigenvalue weighted by Crippen LogP contribution is -2.57. The van der Waals surface area contributed by atoms with Crippen molar-refractivity contribution in [3.63, 3.8) is 0 Å². The first-order valence-corrected chi connectivity index (χ1v) is 10.2. The van der Waals surface area contributed by atoms with Gasteiger partial charge in [-0.05, 0) is 25.3 Å². The van der Waals surface area contributed by atoms with Gasteiger partial charge < -0.3 is 15.1 Å². The summed E-state index contributed by atoms with van der Waals surface area (Å²) in [7, 11) is -2.96. The van der Waals surface area contributed by atoms with Crippen LogP contribution in [0, 0.1) is 0 Å². The number of nitrogens with zero attached hydrogens (tertiary/aromatic N) is 4. The van der Waals surface area contributed by atoms with Gasteiger partial charge >= 0.3 is 0 Å². The van der Waals surface area contributed by atoms with Crippen LogP contribution in [-0.2, 0) is 9.84 Å². The highest BCUT2D eigenvalue weighted by atomic mass is 32.2. The summed E-state index contributed by atoms with van der Waals surface area (Å²) < 4.78 is 24.0. The van der Waals surface area contributed by atoms with Crippen LogP contribution in [-0.4, -0.2) is 68.2 Å². The van der Waals surface area contributed by atoms with Crippen LogP contribution in [0.2, 0.25) is 0 Å². The lowest BCUT2D eigenvalue weighted by molar-refractivity contribution is 0.422. The van der Waals surface area contributed by atoms with Gasteiger partial charge in [0.2, 0.25) is 5.95 Å². The summed E-state index contributed by atoms with van der Waals surface area (Å²) in [5.41, 5.74) is 0. The first kappa shape index (κ1) is 15.1. The van der Waals surface area contributed by atoms with Crippen LogP contribution < -0.4 is 15.1 Å². The van der Waals surface area contributed by atoms with Crippen molar-refractivity contribution in [2.75, 3.05) is 47.5 Å². The molecule has 7 nitrogen and oxygen atoms in total. The zero-order valence-electron chi connectivity index (χ0n) is 13.2. The molecule has 8 heteroatoms. The summed E-state index contributed by atoms with van der Waals surface area (Å²) >= 11 is 0. The fourth-order valence-electron chi connectivity index (χ4n) is 3.90. The first-order valence-electron chi connectivity index (χ1n) is 8.41. The molecule has 0 radical (unpaired) electrons. The predicted molar refractivity (Wildman–Crippen MR) is 89.7 cm³/mol. The fraction of sp³-hybridized carbons (Fsp3) is 0.733. The highest BCUT2D eigenvalue weighted by molar-refractivity contribution is 7.91. The maximum atomic E-state index is 12.0. The summed E-state index contributed by atoms with van der Waals surface area (Å²) in [5.74, 6) is 2.08. The topological polar surface area (TPSA) is 78.4 Å². The van der Waals surface area contributed by atoms with Crippen LogP contribution in [0.3, 0.4) is 0 Å². The van der Waals surface area contributed by atoms with Gasteiger partial charge in [0.25, 0.3) is 0 Å². The molecule has 4 rings (SSSR count). The van der Waals surface area contributed by atoms with E-state index in [1.54, 1.807) is 6.20 Å². The van der Waals surface area contributed by atoms with Gasteiger partial charge in [0.05, 0.1) is 17.5 Å². The minimum absolute atomic E-state index is 0.0159. The second kappa shape index (κ2) is 5.90. The van der Waals surface area contributed by atoms with E-state index < -0.39 is 9.84 Å². The molecular weight excluding hydrogens is 314 g/mol. The third-order valence-corrected chi connectivity index (χ3v) is 6.76. The lowest BCUT2D eigenvalue weighted by atomic mass is 10.1. The molecule has 4 heterocycles. The summed E-state index contributed by atoms with van der Waals surface area (Å²) in [6, 6.07) is 1.90. The van der Waals surface area contributed by atoms with Crippen LogP contribution in [0.4, 0.5) is 11.8 Å². The molecule has 0 aromatic carbocycles. The van der Waals surface area contributed by atoms with Crippen molar-refractivity contribution in [1.82, 2.24) is 15.3 Å². The first-order chi connectivity index (χ1) is 11.1. The molecule has 0 spiro atoms. The van der Waals surface area contributed by atoms with Gasteiger partial charge in [-0.25, -0.2) is 13.4 Å². The van der Waals surface area contributed by atoms with Gasteiger partial charge in [-0.1, -0.05) is 0 Å². The maximum Gasteiger partial charge on any atom is 0.227 e. The molecule has 1 N–H and O–H groups in total. The third-order valence-electron chi connectivity index (χ3n) is 5.04. The van der Waals surface area contributed by atoms with E-state index in [4.69, 9.17) is 4.98 Å². The Kier molecular flexibility index (Phi) is 3.88. The third kappa shape index (κ3) is 3.01. The Bertz CT molecular complexity index is 674. The number of aromatic nitrogens is 2. The molecule has 3 aliphatic rings. The van der Waals surface area contributed by atoms with E-state index in [-0.39, 0.29) is 23.6 Å². The van der Waals surface area contributed by atoms with Crippen molar-refractivity contribution in [2.24, 2.45) is 0 Å². The van der Waals surface area contributed by atoms with E-state index in [0.29, 0.717) is 0 Å². The molecule has 0 bridgehead atoms. The molecule has 1 aromatic rings. The fourth-order valence-corrected chi connectivity index (χ4v) is 5.85. The van der Waals surface area contributed by atoms with Crippen LogP contribution in [0.5, 0.6) is 0 Å². The van der Waals surface area contributed by atoms with Crippen LogP contribution in [0.15, 0.2) is 12.3 Å². The van der Waals surface area contributed by atoms with Crippen molar-refractivity contribution in [3.8, 4) is 0 Å². The highest BCUT2D eigenvalue weighted by Gasteiger charge is 2.43. The van der Waals surface area contributed by atoms with Crippen molar-refractivity contribution in [2.45, 2.75) is 31.3 Å². The normalized spacial score (nSPS) is 30.3. The van der Waals surface area contributed by atoms with Gasteiger partial charge in [0.1, 0.15) is 5.82 Å². The van der Waals surface area contributed by atoms with Gasteiger partial charge in [0.15, 0.2) is 9.84 Å². The van der Waals surface area contributed by atoms with E-state index >= 15 is 0 Å². The second-order valence-electron chi connectivity index (χ2n) is 6.66. The van der Waals surface area contributed by atoms with E-state index in [9.17, 15) is 8.42 Å². The summed E-state index contributed by atoms with van der Waals surface area (Å²) in [5, 5.41) is 3.34. The number of hydrogen-bond acceptors (Lipinski definition) is 7. The van der Waals surface area contributed by atoms with Gasteiger partial charge in [-0.15, -0.1) is 0 Å². The molecule has 3 fully saturated rings. The van der Waals surface area contributed by atoms with Gasteiger partial charge in [-0.2, -0.15) is 4.98 Å². The van der Waals surface area contributed by atoms with E-state index in [1.165, 1.54) is 19.3 Å². The largest absolute Gasteiger partial charge is 0.350 e. The monoisotopic (exact) mass is 337 g/mol. The standard InChI is InChI=1S/C15H23N5O2S/c21-23(22)10-12-13(11-23)20(9-6-16-12)14-4-5-17-15(18-14)19-7-2-1-3-8-19/h4-5,12-13,16H,1-3,6-11H2/t12-,13+/m0/s1. The Morgan fingerprint density at radius 1 is 1.13 bits per heavy atom. The maximum absolute atomic E-state index is 12.0. The molecule has 3 aliphatic heterocycles. The van der Waals surface area contributed by atoms with Crippen molar-refractivity contribution < 1.29 is 8.42 Å². The molecule has 3 saturated heterocycles. The minimum atomic E-state index is -2.96. The summed E-state index contributed by atoms with van der Waals surface area (Å²) in [6.07, 6.45) is 5.44. The number of nitrogens with one attached hydrogen (secondary N) is 1. The quantitative estimate of drug-likeness (QED) is 0.816. The second-order valence-corrected chi connectivity index (χ2v) is 8.81. The SMILES string of the molecule is O=S1(=O)C[C@@H]2NCCN(c3ccnc(N4CCCCC4)n3)[C@@H]2C1. The number of rotatable bonds is 2. The molecule has 0 aliphatic carbocycles. The summed E-state index contributed by atoms with van der Waals surface area (Å²) in [4.78, 5) is 13.6. The highest BCUT2D eigenvalue weighted by Crippen LogP contribution is 2.27. The van der Waals surface area contributed by atoms with Crippen LogP contribution in [0.25, 0.3) is 0 Å². The van der Waals surface area contributed by atoms with Gasteiger partial charge in [-0.3, -0.25) is 0 Å². The number of fused-ring (bicyclic) bond motifs is 1. The zero-order chi connectivity index (χ0) is 15.9. The zero-order valence-corrected chi connectivity index (χ0v) is 14.0. The van der Waals surface area contributed by atoms with E-state index in [1.807, 2.05) is 6.07 Å². The van der Waals surface area contributed by atoms with E-state index in [2.05, 4.69) is 20.1 Å². The minimum Gasteiger partial charge on any atom is -0.350 e. The molecule has 0 saturated carbocycles. The van der Waals surface area contributed by atoms with Crippen molar-refractivity contribution in [3.05, 3.63) is 12.3 Å². The Morgan fingerprint density at radius 2 is 1.96 bits per heavy atom. The number of anilines is 2. The molecule has 0 amide bonds. The predicted octanol–water partition coefficient (Wildman–Crippen LogP) is 0.0421.